The van der Waals surface area contributed by atoms with Gasteiger partial charge in [-0.15, -0.1) is 11.3 Å². The van der Waals surface area contributed by atoms with Crippen LogP contribution in [0.5, 0.6) is 0 Å². The van der Waals surface area contributed by atoms with E-state index in [-0.39, 0.29) is 17.9 Å². The van der Waals surface area contributed by atoms with Gasteiger partial charge in [-0.2, -0.15) is 0 Å². The summed E-state index contributed by atoms with van der Waals surface area (Å²) < 4.78 is 3.21. The average molecular weight is 478 g/mol. The first-order valence-corrected chi connectivity index (χ1v) is 13.4. The van der Waals surface area contributed by atoms with E-state index in [0.717, 1.165) is 53.8 Å². The molecule has 3 aromatic rings. The number of nitrogens with zero attached hydrogens (tertiary/aromatic N) is 2. The Kier molecular flexibility index (Phi) is 6.05. The second-order valence-corrected chi connectivity index (χ2v) is 11.7. The molecule has 2 aliphatic rings. The number of amides is 2. The molecular weight excluding hydrogens is 442 g/mol. The average Bonchev–Trinajstić information content (AvgIpc) is 3.38. The minimum absolute atomic E-state index is 0.0361. The third-order valence-corrected chi connectivity index (χ3v) is 9.03. The van der Waals surface area contributed by atoms with Gasteiger partial charge >= 0.3 is 0 Å². The number of aryl methyl sites for hydroxylation is 2. The first-order valence-electron chi connectivity index (χ1n) is 12.6. The molecule has 0 radical (unpaired) electrons. The fourth-order valence-electron chi connectivity index (χ4n) is 5.43. The van der Waals surface area contributed by atoms with Crippen molar-refractivity contribution in [1.29, 1.82) is 0 Å². The molecule has 1 atom stereocenters. The molecule has 1 saturated carbocycles. The molecular formula is C28H35N3O2S. The van der Waals surface area contributed by atoms with Crippen LogP contribution < -0.4 is 5.32 Å². The van der Waals surface area contributed by atoms with Gasteiger partial charge in [0.2, 0.25) is 5.91 Å². The zero-order valence-electron chi connectivity index (χ0n) is 20.7. The summed E-state index contributed by atoms with van der Waals surface area (Å²) in [6.07, 6.45) is 5.28. The molecule has 1 aliphatic heterocycles. The largest absolute Gasteiger partial charge is 0.351 e. The van der Waals surface area contributed by atoms with E-state index in [2.05, 4.69) is 61.0 Å². The summed E-state index contributed by atoms with van der Waals surface area (Å²) in [7, 11) is 0. The van der Waals surface area contributed by atoms with Gasteiger partial charge in [0.15, 0.2) is 0 Å². The summed E-state index contributed by atoms with van der Waals surface area (Å²) >= 11 is 1.74. The molecule has 1 N–H and O–H groups in total. The Labute approximate surface area is 206 Å². The van der Waals surface area contributed by atoms with Crippen LogP contribution in [0.3, 0.4) is 0 Å². The van der Waals surface area contributed by atoms with Crippen molar-refractivity contribution in [2.45, 2.75) is 84.5 Å². The summed E-state index contributed by atoms with van der Waals surface area (Å²) in [6.45, 7) is 9.33. The van der Waals surface area contributed by atoms with E-state index in [1.165, 1.54) is 10.4 Å². The lowest BCUT2D eigenvalue weighted by molar-refractivity contribution is -0.134. The molecule has 3 heterocycles. The Bertz CT molecular complexity index is 1220. The fraction of sp³-hybridized carbons (Fsp3) is 0.500. The number of hydrogen-bond donors (Lipinski definition) is 1. The summed E-state index contributed by atoms with van der Waals surface area (Å²) in [6, 6.07) is 12.6. The van der Waals surface area contributed by atoms with Crippen LogP contribution in [0.1, 0.15) is 72.9 Å². The van der Waals surface area contributed by atoms with Gasteiger partial charge in [0.05, 0.1) is 16.8 Å². The second-order valence-electron chi connectivity index (χ2n) is 10.5. The highest BCUT2D eigenvalue weighted by atomic mass is 32.1. The lowest BCUT2D eigenvalue weighted by Crippen LogP contribution is -2.64. The lowest BCUT2D eigenvalue weighted by atomic mass is 9.86. The molecule has 1 fully saturated rings. The van der Waals surface area contributed by atoms with Crippen molar-refractivity contribution in [3.05, 3.63) is 58.1 Å². The van der Waals surface area contributed by atoms with E-state index in [1.807, 2.05) is 13.0 Å². The number of carbonyl (C=O) groups excluding carboxylic acids is 2. The fourth-order valence-corrected chi connectivity index (χ4v) is 6.47. The van der Waals surface area contributed by atoms with Gasteiger partial charge in [0, 0.05) is 17.5 Å². The Morgan fingerprint density at radius 3 is 2.53 bits per heavy atom. The van der Waals surface area contributed by atoms with E-state index in [1.54, 1.807) is 16.2 Å². The quantitative estimate of drug-likeness (QED) is 0.514. The lowest BCUT2D eigenvalue weighted by Gasteiger charge is -2.45. The summed E-state index contributed by atoms with van der Waals surface area (Å²) in [4.78, 5) is 30.9. The van der Waals surface area contributed by atoms with Crippen LogP contribution in [0.4, 0.5) is 0 Å². The van der Waals surface area contributed by atoms with Crippen LogP contribution in [0.15, 0.2) is 36.4 Å². The second kappa shape index (κ2) is 8.88. The van der Waals surface area contributed by atoms with Gasteiger partial charge in [0.1, 0.15) is 11.2 Å². The van der Waals surface area contributed by atoms with E-state index in [9.17, 15) is 9.59 Å². The normalized spacial score (nSPS) is 24.9. The number of benzene rings is 1. The van der Waals surface area contributed by atoms with Crippen LogP contribution in [-0.2, 0) is 24.3 Å². The molecule has 0 unspecified atom stereocenters. The molecule has 0 saturated heterocycles. The van der Waals surface area contributed by atoms with Gasteiger partial charge < -0.3 is 14.8 Å². The van der Waals surface area contributed by atoms with E-state index < -0.39 is 5.54 Å². The Balaban J connectivity index is 1.51. The van der Waals surface area contributed by atoms with Crippen molar-refractivity contribution in [1.82, 2.24) is 14.8 Å². The minimum Gasteiger partial charge on any atom is -0.351 e. The summed E-state index contributed by atoms with van der Waals surface area (Å²) in [5.41, 5.74) is 3.03. The van der Waals surface area contributed by atoms with Gasteiger partial charge in [0.25, 0.3) is 5.91 Å². The molecule has 34 heavy (non-hydrogen) atoms. The van der Waals surface area contributed by atoms with Gasteiger partial charge in [-0.3, -0.25) is 9.59 Å². The maximum Gasteiger partial charge on any atom is 0.271 e. The number of aromatic nitrogens is 1. The van der Waals surface area contributed by atoms with Crippen molar-refractivity contribution in [3.8, 4) is 0 Å². The molecule has 2 amide bonds. The third-order valence-electron chi connectivity index (χ3n) is 7.82. The Hall–Kier alpha value is -2.60. The van der Waals surface area contributed by atoms with Crippen molar-refractivity contribution >= 4 is 33.4 Å². The first-order chi connectivity index (χ1) is 16.3. The molecule has 0 spiro atoms. The van der Waals surface area contributed by atoms with Crippen molar-refractivity contribution in [2.75, 3.05) is 0 Å². The van der Waals surface area contributed by atoms with Crippen LogP contribution in [0.25, 0.3) is 10.2 Å². The first kappa shape index (κ1) is 23.2. The highest BCUT2D eigenvalue weighted by Gasteiger charge is 2.48. The Morgan fingerprint density at radius 1 is 1.15 bits per heavy atom. The molecule has 0 bridgehead atoms. The predicted octanol–water partition coefficient (Wildman–Crippen LogP) is 5.68. The minimum atomic E-state index is -0.960. The molecule has 1 aromatic carbocycles. The highest BCUT2D eigenvalue weighted by Crippen LogP contribution is 2.37. The van der Waals surface area contributed by atoms with Gasteiger partial charge in [-0.25, -0.2) is 0 Å². The predicted molar refractivity (Wildman–Crippen MR) is 138 cm³/mol. The van der Waals surface area contributed by atoms with Crippen LogP contribution in [0.2, 0.25) is 0 Å². The molecule has 2 aromatic heterocycles. The summed E-state index contributed by atoms with van der Waals surface area (Å²) in [5, 5.41) is 3.34. The number of rotatable bonds is 5. The van der Waals surface area contributed by atoms with Crippen molar-refractivity contribution in [2.24, 2.45) is 5.92 Å². The number of fused-ring (bicyclic) bond motifs is 3. The maximum atomic E-state index is 13.9. The summed E-state index contributed by atoms with van der Waals surface area (Å²) in [5.74, 6) is 0.620. The van der Waals surface area contributed by atoms with Gasteiger partial charge in [-0.05, 0) is 69.6 Å². The monoisotopic (exact) mass is 477 g/mol. The zero-order chi connectivity index (χ0) is 24.0. The zero-order valence-corrected chi connectivity index (χ0v) is 21.5. The highest BCUT2D eigenvalue weighted by molar-refractivity contribution is 7.19. The van der Waals surface area contributed by atoms with Crippen LogP contribution in [0, 0.1) is 12.8 Å². The number of thiophene rings is 1. The molecule has 5 nitrogen and oxygen atoms in total. The number of carbonyl (C=O) groups is 2. The molecule has 180 valence electrons. The Morgan fingerprint density at radius 2 is 1.85 bits per heavy atom. The van der Waals surface area contributed by atoms with E-state index >= 15 is 0 Å². The standard InChI is InChI=1S/C28H35N3O2S/c1-5-22-14-23-25(34-22)15-24-26(32)31(16-20-10-6-18(2)7-11-20)28(4,17-30(23)24)27(33)29-21-12-8-19(3)9-13-21/h6-7,10-11,14-15,19,21H,5,8-9,12-13,16-17H2,1-4H3,(H,29,33)/t19?,21?,28-/m0/s1. The van der Waals surface area contributed by atoms with Crippen LogP contribution in [-0.4, -0.2) is 32.9 Å². The third kappa shape index (κ3) is 4.06. The molecule has 6 heteroatoms. The van der Waals surface area contributed by atoms with Crippen molar-refractivity contribution < 1.29 is 9.59 Å². The van der Waals surface area contributed by atoms with E-state index in [4.69, 9.17) is 0 Å². The number of nitrogens with one attached hydrogen (secondary N) is 1. The number of hydrogen-bond acceptors (Lipinski definition) is 3. The smallest absolute Gasteiger partial charge is 0.271 e. The maximum absolute atomic E-state index is 13.9. The van der Waals surface area contributed by atoms with Gasteiger partial charge in [-0.1, -0.05) is 43.7 Å². The SMILES string of the molecule is CCc1cc2c(cc3n2C[C@@](C)(C(=O)NC2CCC(C)CC2)N(Cc2ccc(C)cc2)C3=O)s1. The topological polar surface area (TPSA) is 54.3 Å². The van der Waals surface area contributed by atoms with Crippen LogP contribution >= 0.6 is 11.3 Å². The van der Waals surface area contributed by atoms with Crippen molar-refractivity contribution in [3.63, 3.8) is 0 Å². The molecule has 1 aliphatic carbocycles. The van der Waals surface area contributed by atoms with E-state index in [0.29, 0.717) is 18.8 Å². The molecule has 5 rings (SSSR count).